The Balaban J connectivity index is 0.000000230. The number of nitriles is 1. The topological polar surface area (TPSA) is 73.1 Å². The van der Waals surface area contributed by atoms with E-state index in [0.717, 1.165) is 61.8 Å². The Morgan fingerprint density at radius 2 is 1.22 bits per heavy atom. The summed E-state index contributed by atoms with van der Waals surface area (Å²) in [6.45, 7) is 6.21. The van der Waals surface area contributed by atoms with Crippen LogP contribution in [0.2, 0.25) is 0 Å². The summed E-state index contributed by atoms with van der Waals surface area (Å²) in [4.78, 5) is 3.76. The Bertz CT molecular complexity index is 2430. The number of nitrogens with one attached hydrogen (secondary N) is 1. The quantitative estimate of drug-likeness (QED) is 0.180. The maximum absolute atomic E-state index is 9.73. The van der Waals surface area contributed by atoms with Gasteiger partial charge in [0.05, 0.1) is 18.2 Å². The molecule has 246 valence electrons. The van der Waals surface area contributed by atoms with Crippen molar-refractivity contribution in [2.75, 3.05) is 0 Å². The summed E-state index contributed by atoms with van der Waals surface area (Å²) in [7, 11) is 0. The molecule has 1 N–H and O–H groups in total. The van der Waals surface area contributed by atoms with Gasteiger partial charge in [-0.2, -0.15) is 5.26 Å². The first-order chi connectivity index (χ1) is 25.1. The van der Waals surface area contributed by atoms with Crippen LogP contribution < -0.4 is 0 Å². The van der Waals surface area contributed by atoms with Crippen molar-refractivity contribution in [2.24, 2.45) is 4.99 Å². The van der Waals surface area contributed by atoms with Gasteiger partial charge in [0.2, 0.25) is 0 Å². The van der Waals surface area contributed by atoms with E-state index in [0.29, 0.717) is 11.1 Å². The summed E-state index contributed by atoms with van der Waals surface area (Å²) in [6, 6.07) is 58.9. The minimum Gasteiger partial charge on any atom is -0.455 e. The molecule has 0 unspecified atom stereocenters. The van der Waals surface area contributed by atoms with Gasteiger partial charge in [0, 0.05) is 39.2 Å². The number of furan rings is 1. The van der Waals surface area contributed by atoms with Gasteiger partial charge in [-0.1, -0.05) is 151 Å². The zero-order chi connectivity index (χ0) is 35.4. The van der Waals surface area contributed by atoms with Crippen molar-refractivity contribution in [3.05, 3.63) is 192 Å². The zero-order valence-electron chi connectivity index (χ0n) is 28.5. The van der Waals surface area contributed by atoms with Crippen LogP contribution >= 0.6 is 0 Å². The molecule has 0 atom stereocenters. The fourth-order valence-electron chi connectivity index (χ4n) is 6.03. The van der Waals surface area contributed by atoms with Gasteiger partial charge in [-0.25, -0.2) is 0 Å². The molecule has 1 aromatic heterocycles. The summed E-state index contributed by atoms with van der Waals surface area (Å²) < 4.78 is 6.64. The fourth-order valence-corrected chi connectivity index (χ4v) is 6.03. The van der Waals surface area contributed by atoms with Gasteiger partial charge >= 0.3 is 0 Å². The van der Waals surface area contributed by atoms with Crippen molar-refractivity contribution < 1.29 is 4.42 Å². The summed E-state index contributed by atoms with van der Waals surface area (Å²) in [5.74, 6) is 0. The first-order valence-corrected chi connectivity index (χ1v) is 16.7. The van der Waals surface area contributed by atoms with Crippen LogP contribution in [-0.2, 0) is 6.54 Å². The molecule has 7 aromatic carbocycles. The van der Waals surface area contributed by atoms with E-state index >= 15 is 0 Å². The highest BCUT2D eigenvalue weighted by atomic mass is 16.3. The number of aryl methyl sites for hydroxylation is 1. The van der Waals surface area contributed by atoms with Crippen LogP contribution in [0.15, 0.2) is 179 Å². The Morgan fingerprint density at radius 1 is 0.627 bits per heavy atom. The van der Waals surface area contributed by atoms with Crippen molar-refractivity contribution in [3.8, 4) is 39.4 Å². The van der Waals surface area contributed by atoms with Gasteiger partial charge in [-0.15, -0.1) is 0 Å². The molecule has 0 bridgehead atoms. The molecule has 1 heterocycles. The average molecular weight is 660 g/mol. The van der Waals surface area contributed by atoms with Crippen molar-refractivity contribution in [1.29, 1.82) is 10.7 Å². The summed E-state index contributed by atoms with van der Waals surface area (Å²) in [6.07, 6.45) is 1.37. The molecule has 51 heavy (non-hydrogen) atoms. The Hall–Kier alpha value is -6.83. The Kier molecular flexibility index (Phi) is 11.0. The number of benzene rings is 7. The molecule has 4 heteroatoms. The highest BCUT2D eigenvalue weighted by Gasteiger charge is 2.20. The van der Waals surface area contributed by atoms with Crippen molar-refractivity contribution in [1.82, 2.24) is 0 Å². The van der Waals surface area contributed by atoms with E-state index in [1.54, 1.807) is 0 Å². The summed E-state index contributed by atoms with van der Waals surface area (Å²) in [5.41, 5.74) is 11.3. The summed E-state index contributed by atoms with van der Waals surface area (Å²) in [5, 5.41) is 19.7. The first kappa shape index (κ1) is 34.0. The predicted molar refractivity (Wildman–Crippen MR) is 214 cm³/mol. The minimum atomic E-state index is 0.588. The largest absolute Gasteiger partial charge is 0.455 e. The minimum absolute atomic E-state index is 0.588. The van der Waals surface area contributed by atoms with E-state index in [1.807, 2.05) is 121 Å². The van der Waals surface area contributed by atoms with E-state index in [9.17, 15) is 5.26 Å². The maximum Gasteiger partial charge on any atom is 0.143 e. The lowest BCUT2D eigenvalue weighted by Gasteiger charge is -2.08. The van der Waals surface area contributed by atoms with Crippen molar-refractivity contribution in [2.45, 2.75) is 13.5 Å². The van der Waals surface area contributed by atoms with Crippen molar-refractivity contribution >= 4 is 34.9 Å². The normalized spacial score (nSPS) is 10.3. The molecule has 0 fully saturated rings. The van der Waals surface area contributed by atoms with Crippen molar-refractivity contribution in [3.63, 3.8) is 0 Å². The van der Waals surface area contributed by atoms with Gasteiger partial charge in [0.15, 0.2) is 0 Å². The number of nitrogens with zero attached hydrogens (tertiary/aromatic N) is 2. The van der Waals surface area contributed by atoms with E-state index in [-0.39, 0.29) is 0 Å². The molecule has 0 saturated heterocycles. The van der Waals surface area contributed by atoms with Gasteiger partial charge in [-0.3, -0.25) is 4.99 Å². The first-order valence-electron chi connectivity index (χ1n) is 16.7. The molecule has 0 spiro atoms. The molecule has 4 nitrogen and oxygen atoms in total. The average Bonchev–Trinajstić information content (AvgIpc) is 3.59. The van der Waals surface area contributed by atoms with Gasteiger partial charge in [0.1, 0.15) is 11.2 Å². The van der Waals surface area contributed by atoms with Gasteiger partial charge in [0.25, 0.3) is 0 Å². The van der Waals surface area contributed by atoms with Crippen LogP contribution in [0.4, 0.5) is 0 Å². The second-order valence-electron chi connectivity index (χ2n) is 12.0. The number of fused-ring (bicyclic) bond motifs is 3. The lowest BCUT2D eigenvalue weighted by molar-refractivity contribution is 0.671. The van der Waals surface area contributed by atoms with Crippen LogP contribution in [0.1, 0.15) is 22.3 Å². The molecule has 0 amide bonds. The highest BCUT2D eigenvalue weighted by Crippen LogP contribution is 2.43. The van der Waals surface area contributed by atoms with Gasteiger partial charge in [-0.05, 0) is 60.2 Å². The highest BCUT2D eigenvalue weighted by molar-refractivity contribution is 6.19. The summed E-state index contributed by atoms with van der Waals surface area (Å²) >= 11 is 0. The molecule has 8 aromatic rings. The van der Waals surface area contributed by atoms with Crippen LogP contribution in [0, 0.1) is 23.7 Å². The number of aliphatic imine (C=N–C) groups is 1. The second kappa shape index (κ2) is 16.5. The van der Waals surface area contributed by atoms with Crippen LogP contribution in [0.3, 0.4) is 0 Å². The number of hydrogen-bond donors (Lipinski definition) is 1. The standard InChI is InChI=1S/C32H20N2O.C8H9N.C7H8/c33-19-23-13-7-8-14-26(23)27-16-15-24(20-34)30-29-18-25(21-9-3-1-4-10-21)17-28(31(29)35-32(27)30)22-11-5-2-6-12-22;1-9-7-8-5-3-2-4-6-8;1-7-5-3-2-4-6-7/h1-18,20,34H;2-6H,1,7H2;2-6H,1H3. The fraction of sp³-hybridized carbons (Fsp3) is 0.0426. The van der Waals surface area contributed by atoms with E-state index in [1.165, 1.54) is 17.3 Å². The Labute approximate surface area is 299 Å². The third kappa shape index (κ3) is 7.91. The molecule has 0 radical (unpaired) electrons. The van der Waals surface area contributed by atoms with Crippen LogP contribution in [0.25, 0.3) is 55.3 Å². The second-order valence-corrected chi connectivity index (χ2v) is 12.0. The lowest BCUT2D eigenvalue weighted by Crippen LogP contribution is -1.88. The smallest absolute Gasteiger partial charge is 0.143 e. The monoisotopic (exact) mass is 659 g/mol. The Morgan fingerprint density at radius 3 is 1.80 bits per heavy atom. The van der Waals surface area contributed by atoms with E-state index in [4.69, 9.17) is 9.83 Å². The molecule has 0 aliphatic carbocycles. The number of hydrogen-bond acceptors (Lipinski definition) is 4. The molecule has 0 aliphatic heterocycles. The molecule has 8 rings (SSSR count). The van der Waals surface area contributed by atoms with Crippen LogP contribution in [0.5, 0.6) is 0 Å². The molecular formula is C47H37N3O. The maximum atomic E-state index is 9.73. The predicted octanol–water partition coefficient (Wildman–Crippen LogP) is 12.3. The third-order valence-electron chi connectivity index (χ3n) is 8.52. The molecule has 0 aliphatic rings. The zero-order valence-corrected chi connectivity index (χ0v) is 28.5. The van der Waals surface area contributed by atoms with E-state index in [2.05, 4.69) is 73.2 Å². The SMILES string of the molecule is C=NCc1ccccc1.Cc1ccccc1.N#Cc1ccccc1-c1ccc(C=N)c2c1oc1c(-c3ccccc3)cc(-c3ccccc3)cc12. The third-order valence-corrected chi connectivity index (χ3v) is 8.52. The van der Waals surface area contributed by atoms with E-state index < -0.39 is 0 Å². The van der Waals surface area contributed by atoms with Crippen LogP contribution in [-0.4, -0.2) is 12.9 Å². The number of rotatable bonds is 6. The lowest BCUT2D eigenvalue weighted by atomic mass is 9.93. The van der Waals surface area contributed by atoms with Gasteiger partial charge < -0.3 is 9.83 Å². The molecule has 0 saturated carbocycles. The molecular weight excluding hydrogens is 623 g/mol.